The zero-order valence-electron chi connectivity index (χ0n) is 21.9. The van der Waals surface area contributed by atoms with Crippen LogP contribution in [0.4, 0.5) is 0 Å². The number of allylic oxidation sites excluding steroid dienone is 1. The number of thioether (sulfide) groups is 1. The van der Waals surface area contributed by atoms with Gasteiger partial charge in [-0.05, 0) is 94.1 Å². The fraction of sp³-hybridized carbons (Fsp3) is 0.400. The zero-order chi connectivity index (χ0) is 26.7. The van der Waals surface area contributed by atoms with Gasteiger partial charge in [-0.3, -0.25) is 4.90 Å². The maximum Gasteiger partial charge on any atom is 0.186 e. The molecule has 0 bridgehead atoms. The van der Waals surface area contributed by atoms with E-state index in [1.165, 1.54) is 31.0 Å². The number of hydrogen-bond donors (Lipinski definition) is 1. The third-order valence-corrected chi connectivity index (χ3v) is 11.2. The highest BCUT2D eigenvalue weighted by molar-refractivity contribution is 8.19. The zero-order valence-corrected chi connectivity index (χ0v) is 23.6. The molecule has 0 spiro atoms. The molecule has 6 nitrogen and oxygen atoms in total. The van der Waals surface area contributed by atoms with Gasteiger partial charge in [0, 0.05) is 22.7 Å². The van der Waals surface area contributed by atoms with Gasteiger partial charge in [-0.25, -0.2) is 8.42 Å². The van der Waals surface area contributed by atoms with Crippen molar-refractivity contribution in [2.24, 2.45) is 0 Å². The first kappa shape index (κ1) is 26.9. The second-order valence-electron chi connectivity index (χ2n) is 10.2. The van der Waals surface area contributed by atoms with Gasteiger partial charge in [-0.1, -0.05) is 24.6 Å². The predicted octanol–water partition coefficient (Wildman–Crippen LogP) is 7.05. The fourth-order valence-corrected chi connectivity index (χ4v) is 8.15. The Morgan fingerprint density at radius 2 is 1.74 bits per heavy atom. The third kappa shape index (κ3) is 5.98. The van der Waals surface area contributed by atoms with E-state index >= 15 is 0 Å². The van der Waals surface area contributed by atoms with Crippen LogP contribution in [0.5, 0.6) is 23.0 Å². The molecule has 38 heavy (non-hydrogen) atoms. The normalized spacial score (nSPS) is 18.6. The Labute approximate surface area is 229 Å². The lowest BCUT2D eigenvalue weighted by Crippen LogP contribution is -2.33. The van der Waals surface area contributed by atoms with Crippen LogP contribution >= 0.6 is 11.8 Å². The Morgan fingerprint density at radius 1 is 1.00 bits per heavy atom. The highest BCUT2D eigenvalue weighted by Gasteiger charge is 2.32. The van der Waals surface area contributed by atoms with Crippen molar-refractivity contribution in [1.82, 2.24) is 4.90 Å². The van der Waals surface area contributed by atoms with Crippen LogP contribution in [0, 0.1) is 0 Å². The average Bonchev–Trinajstić information content (AvgIpc) is 3.41. The van der Waals surface area contributed by atoms with Gasteiger partial charge < -0.3 is 14.6 Å². The minimum absolute atomic E-state index is 0.0795. The molecule has 1 N–H and O–H groups in total. The molecule has 202 valence electrons. The van der Waals surface area contributed by atoms with Gasteiger partial charge in [-0.15, -0.1) is 11.8 Å². The smallest absolute Gasteiger partial charge is 0.186 e. The monoisotopic (exact) mass is 553 g/mol. The molecule has 5 rings (SSSR count). The van der Waals surface area contributed by atoms with E-state index in [0.717, 1.165) is 41.7 Å². The van der Waals surface area contributed by atoms with Gasteiger partial charge in [0.15, 0.2) is 9.84 Å². The van der Waals surface area contributed by atoms with Crippen molar-refractivity contribution in [3.8, 4) is 23.0 Å². The molecule has 2 aliphatic heterocycles. The van der Waals surface area contributed by atoms with E-state index in [9.17, 15) is 13.5 Å². The summed E-state index contributed by atoms with van der Waals surface area (Å²) in [5.74, 6) is 2.33. The molecule has 3 aromatic rings. The Kier molecular flexibility index (Phi) is 8.21. The SMILES string of the molecule is CC(C)S(=O)(=O)C1=CCC(c2ccc3cc(O)ccc3c2Oc2ccc(OCCN3CCCCC3)cc2)S1. The molecule has 1 atom stereocenters. The van der Waals surface area contributed by atoms with Gasteiger partial charge in [0.1, 0.15) is 29.6 Å². The Bertz CT molecular complexity index is 1410. The van der Waals surface area contributed by atoms with Crippen LogP contribution in [0.2, 0.25) is 0 Å². The number of rotatable bonds is 9. The van der Waals surface area contributed by atoms with Crippen molar-refractivity contribution in [3.63, 3.8) is 0 Å². The van der Waals surface area contributed by atoms with Crippen LogP contribution in [0.1, 0.15) is 50.3 Å². The van der Waals surface area contributed by atoms with E-state index in [-0.39, 0.29) is 11.0 Å². The van der Waals surface area contributed by atoms with E-state index < -0.39 is 15.1 Å². The van der Waals surface area contributed by atoms with Crippen molar-refractivity contribution < 1.29 is 23.0 Å². The molecule has 0 amide bonds. The van der Waals surface area contributed by atoms with Gasteiger partial charge >= 0.3 is 0 Å². The van der Waals surface area contributed by atoms with Crippen molar-refractivity contribution in [2.75, 3.05) is 26.2 Å². The molecule has 1 unspecified atom stereocenters. The number of hydrogen-bond acceptors (Lipinski definition) is 7. The lowest BCUT2D eigenvalue weighted by molar-refractivity contribution is 0.183. The predicted molar refractivity (Wildman–Crippen MR) is 155 cm³/mol. The molecule has 8 heteroatoms. The van der Waals surface area contributed by atoms with Crippen molar-refractivity contribution in [2.45, 2.75) is 50.0 Å². The number of aromatic hydroxyl groups is 1. The number of ether oxygens (including phenoxy) is 2. The molecule has 1 fully saturated rings. The number of fused-ring (bicyclic) bond motifs is 1. The Morgan fingerprint density at radius 3 is 2.47 bits per heavy atom. The number of phenolic OH excluding ortho intramolecular Hbond substituents is 1. The minimum Gasteiger partial charge on any atom is -0.508 e. The number of likely N-dealkylation sites (tertiary alicyclic amines) is 1. The summed E-state index contributed by atoms with van der Waals surface area (Å²) in [5.41, 5.74) is 0.931. The highest BCUT2D eigenvalue weighted by Crippen LogP contribution is 2.51. The number of piperidine rings is 1. The number of sulfone groups is 1. The van der Waals surface area contributed by atoms with E-state index in [2.05, 4.69) is 4.90 Å². The minimum atomic E-state index is -3.32. The summed E-state index contributed by atoms with van der Waals surface area (Å²) in [4.78, 5) is 2.45. The van der Waals surface area contributed by atoms with Gasteiger partial charge in [0.05, 0.1) is 9.49 Å². The third-order valence-electron chi connectivity index (χ3n) is 7.16. The summed E-state index contributed by atoms with van der Waals surface area (Å²) in [7, 11) is -3.32. The first-order chi connectivity index (χ1) is 18.3. The van der Waals surface area contributed by atoms with Crippen LogP contribution < -0.4 is 9.47 Å². The molecule has 0 aromatic heterocycles. The maximum absolute atomic E-state index is 12.8. The van der Waals surface area contributed by atoms with E-state index in [0.29, 0.717) is 28.8 Å². The lowest BCUT2D eigenvalue weighted by atomic mass is 10.0. The Balaban J connectivity index is 1.35. The van der Waals surface area contributed by atoms with Crippen molar-refractivity contribution in [1.29, 1.82) is 0 Å². The number of nitrogens with zero attached hydrogens (tertiary/aromatic N) is 1. The second-order valence-corrected chi connectivity index (χ2v) is 14.1. The average molecular weight is 554 g/mol. The molecule has 0 aliphatic carbocycles. The van der Waals surface area contributed by atoms with Crippen LogP contribution in [0.15, 0.2) is 64.9 Å². The van der Waals surface area contributed by atoms with E-state index in [4.69, 9.17) is 9.47 Å². The molecular formula is C30H35NO5S2. The standard InChI is InChI=1S/C30H35NO5S2/c1-21(2)38(33,34)29-15-14-28(37-29)27-12-6-22-20-23(32)7-13-26(22)30(27)36-25-10-8-24(9-11-25)35-19-18-31-16-4-3-5-17-31/h6-13,15,20-21,28,32H,3-5,14,16-19H2,1-2H3. The summed E-state index contributed by atoms with van der Waals surface area (Å²) in [6.07, 6.45) is 6.30. The van der Waals surface area contributed by atoms with E-state index in [1.54, 1.807) is 26.0 Å². The van der Waals surface area contributed by atoms with Crippen molar-refractivity contribution in [3.05, 3.63) is 70.5 Å². The van der Waals surface area contributed by atoms with Crippen LogP contribution in [-0.4, -0.2) is 49.9 Å². The van der Waals surface area contributed by atoms with Gasteiger partial charge in [-0.2, -0.15) is 0 Å². The fourth-order valence-electron chi connectivity index (χ4n) is 4.92. The van der Waals surface area contributed by atoms with Crippen LogP contribution in [0.3, 0.4) is 0 Å². The first-order valence-electron chi connectivity index (χ1n) is 13.3. The lowest BCUT2D eigenvalue weighted by Gasteiger charge is -2.26. The number of benzene rings is 3. The second kappa shape index (κ2) is 11.6. The summed E-state index contributed by atoms with van der Waals surface area (Å²) in [5, 5.41) is 11.2. The van der Waals surface area contributed by atoms with Crippen molar-refractivity contribution >= 4 is 32.4 Å². The summed E-state index contributed by atoms with van der Waals surface area (Å²) in [6.45, 7) is 7.32. The molecular weight excluding hydrogens is 518 g/mol. The maximum atomic E-state index is 12.8. The van der Waals surface area contributed by atoms with Gasteiger partial charge in [0.25, 0.3) is 0 Å². The molecule has 2 aliphatic rings. The highest BCUT2D eigenvalue weighted by atomic mass is 32.3. The number of phenols is 1. The largest absolute Gasteiger partial charge is 0.508 e. The molecule has 3 aromatic carbocycles. The molecule has 0 radical (unpaired) electrons. The van der Waals surface area contributed by atoms with Gasteiger partial charge in [0.2, 0.25) is 0 Å². The molecule has 1 saturated heterocycles. The van der Waals surface area contributed by atoms with Crippen LogP contribution in [-0.2, 0) is 9.84 Å². The summed E-state index contributed by atoms with van der Waals surface area (Å²) < 4.78 is 38.4. The quantitative estimate of drug-likeness (QED) is 0.304. The summed E-state index contributed by atoms with van der Waals surface area (Å²) >= 11 is 1.38. The summed E-state index contributed by atoms with van der Waals surface area (Å²) in [6, 6.07) is 16.8. The van der Waals surface area contributed by atoms with Crippen LogP contribution in [0.25, 0.3) is 10.8 Å². The topological polar surface area (TPSA) is 76.1 Å². The van der Waals surface area contributed by atoms with E-state index in [1.807, 2.05) is 48.5 Å². The molecule has 2 heterocycles. The molecule has 0 saturated carbocycles. The Hall–Kier alpha value is -2.68. The first-order valence-corrected chi connectivity index (χ1v) is 15.7.